The van der Waals surface area contributed by atoms with Crippen LogP contribution in [0, 0.1) is 0 Å². The van der Waals surface area contributed by atoms with Gasteiger partial charge in [-0.3, -0.25) is 10.2 Å². The number of hydrogen-bond donors (Lipinski definition) is 2. The van der Waals surface area contributed by atoms with Crippen LogP contribution < -0.4 is 11.3 Å². The summed E-state index contributed by atoms with van der Waals surface area (Å²) in [5.41, 5.74) is 0.877. The lowest BCUT2D eigenvalue weighted by molar-refractivity contribution is -0.140. The zero-order chi connectivity index (χ0) is 11.6. The predicted octanol–water partition coefficient (Wildman–Crippen LogP) is 1.32. The number of hydrogen-bond acceptors (Lipinski definition) is 2. The normalized spacial score (nSPS) is 26.1. The fourth-order valence-corrected chi connectivity index (χ4v) is 1.42. The van der Waals surface area contributed by atoms with Crippen LogP contribution >= 0.6 is 23.2 Å². The van der Waals surface area contributed by atoms with Crippen molar-refractivity contribution in [1.82, 2.24) is 5.43 Å². The van der Waals surface area contributed by atoms with Crippen LogP contribution in [0.3, 0.4) is 0 Å². The molecule has 0 aliphatic heterocycles. The van der Waals surface area contributed by atoms with E-state index in [1.54, 1.807) is 0 Å². The highest BCUT2D eigenvalue weighted by Gasteiger charge is 2.42. The molecule has 15 heavy (non-hydrogen) atoms. The zero-order valence-corrected chi connectivity index (χ0v) is 8.90. The number of halogens is 4. The van der Waals surface area contributed by atoms with E-state index in [4.69, 9.17) is 23.2 Å². The van der Waals surface area contributed by atoms with Gasteiger partial charge >= 0.3 is 11.8 Å². The van der Waals surface area contributed by atoms with Crippen LogP contribution in [0.2, 0.25) is 0 Å². The van der Waals surface area contributed by atoms with Crippen molar-refractivity contribution < 1.29 is 13.6 Å². The molecule has 0 bridgehead atoms. The Kier molecular flexibility index (Phi) is 3.70. The number of rotatable bonds is 2. The lowest BCUT2D eigenvalue weighted by Crippen LogP contribution is -2.45. The molecule has 2 atom stereocenters. The van der Waals surface area contributed by atoms with E-state index in [1.807, 2.05) is 0 Å². The number of carbonyl (C=O) groups excluding carboxylic acids is 1. The Hall–Kier alpha value is -0.650. The van der Waals surface area contributed by atoms with Gasteiger partial charge in [0.1, 0.15) is 0 Å². The van der Waals surface area contributed by atoms with Crippen molar-refractivity contribution in [3.8, 4) is 0 Å². The molecule has 1 rings (SSSR count). The first-order valence-electron chi connectivity index (χ1n) is 3.97. The van der Waals surface area contributed by atoms with Crippen LogP contribution in [0.1, 0.15) is 0 Å². The molecule has 0 aromatic heterocycles. The second-order valence-corrected chi connectivity index (χ2v) is 3.93. The molecule has 0 aromatic carbocycles. The molecule has 0 saturated heterocycles. The van der Waals surface area contributed by atoms with Crippen molar-refractivity contribution in [2.45, 2.75) is 16.7 Å². The van der Waals surface area contributed by atoms with Gasteiger partial charge in [-0.05, 0) is 0 Å². The average molecular weight is 257 g/mol. The number of allylic oxidation sites excluding steroid dienone is 3. The van der Waals surface area contributed by atoms with E-state index in [-0.39, 0.29) is 0 Å². The maximum atomic E-state index is 13.3. The Morgan fingerprint density at radius 1 is 1.47 bits per heavy atom. The maximum Gasteiger partial charge on any atom is 0.350 e. The molecule has 0 heterocycles. The molecule has 84 valence electrons. The summed E-state index contributed by atoms with van der Waals surface area (Å²) in [6.07, 6.45) is 3.40. The van der Waals surface area contributed by atoms with Crippen molar-refractivity contribution in [2.75, 3.05) is 0 Å². The van der Waals surface area contributed by atoms with Gasteiger partial charge in [0, 0.05) is 5.57 Å². The number of nitrogens with two attached hydrogens (primary N) is 1. The first kappa shape index (κ1) is 12.4. The standard InChI is InChI=1S/C8H8Cl2F2N2O/c9-5-2-1-4(3-6(5)10)8(11,12)7(15)14-13/h1-3,5-6H,13H2,(H,14,15). The highest BCUT2D eigenvalue weighted by Crippen LogP contribution is 2.31. The maximum absolute atomic E-state index is 13.3. The number of nitrogens with one attached hydrogen (secondary N) is 1. The third-order valence-electron chi connectivity index (χ3n) is 1.88. The molecule has 0 aromatic rings. The van der Waals surface area contributed by atoms with E-state index in [0.29, 0.717) is 0 Å². The molecule has 2 unspecified atom stereocenters. The quantitative estimate of drug-likeness (QED) is 0.339. The summed E-state index contributed by atoms with van der Waals surface area (Å²) < 4.78 is 26.6. The fraction of sp³-hybridized carbons (Fsp3) is 0.375. The summed E-state index contributed by atoms with van der Waals surface area (Å²) in [5, 5.41) is -1.34. The summed E-state index contributed by atoms with van der Waals surface area (Å²) in [6, 6.07) is 0. The lowest BCUT2D eigenvalue weighted by atomic mass is 10.0. The van der Waals surface area contributed by atoms with Gasteiger partial charge in [0.2, 0.25) is 0 Å². The minimum atomic E-state index is -3.70. The molecular formula is C8H8Cl2F2N2O. The average Bonchev–Trinajstić information content (AvgIpc) is 2.20. The monoisotopic (exact) mass is 256 g/mol. The van der Waals surface area contributed by atoms with Crippen LogP contribution in [0.4, 0.5) is 8.78 Å². The third kappa shape index (κ3) is 2.48. The second-order valence-electron chi connectivity index (χ2n) is 2.92. The summed E-state index contributed by atoms with van der Waals surface area (Å²) >= 11 is 11.3. The highest BCUT2D eigenvalue weighted by molar-refractivity contribution is 6.32. The highest BCUT2D eigenvalue weighted by atomic mass is 35.5. The van der Waals surface area contributed by atoms with Gasteiger partial charge in [0.15, 0.2) is 0 Å². The SMILES string of the molecule is NNC(=O)C(F)(F)C1=CC(Cl)C(Cl)C=C1. The summed E-state index contributed by atoms with van der Waals surface area (Å²) in [6.45, 7) is 0. The van der Waals surface area contributed by atoms with E-state index in [2.05, 4.69) is 5.84 Å². The molecule has 0 saturated carbocycles. The molecule has 7 heteroatoms. The Bertz CT molecular complexity index is 331. The van der Waals surface area contributed by atoms with E-state index in [9.17, 15) is 13.6 Å². The molecule has 0 fully saturated rings. The minimum absolute atomic E-state index is 0.512. The zero-order valence-electron chi connectivity index (χ0n) is 7.38. The molecular weight excluding hydrogens is 249 g/mol. The molecule has 0 spiro atoms. The molecule has 1 aliphatic carbocycles. The van der Waals surface area contributed by atoms with Crippen LogP contribution in [-0.4, -0.2) is 22.6 Å². The Morgan fingerprint density at radius 2 is 2.07 bits per heavy atom. The van der Waals surface area contributed by atoms with Crippen LogP contribution in [0.15, 0.2) is 23.8 Å². The first-order chi connectivity index (χ1) is 6.89. The lowest BCUT2D eigenvalue weighted by Gasteiger charge is -2.21. The van der Waals surface area contributed by atoms with Crippen molar-refractivity contribution in [1.29, 1.82) is 0 Å². The number of carbonyl (C=O) groups is 1. The topological polar surface area (TPSA) is 55.1 Å². The molecule has 3 nitrogen and oxygen atoms in total. The second kappa shape index (κ2) is 4.47. The van der Waals surface area contributed by atoms with Gasteiger partial charge in [0.25, 0.3) is 0 Å². The Labute approximate surface area is 94.9 Å². The Morgan fingerprint density at radius 3 is 2.53 bits per heavy atom. The van der Waals surface area contributed by atoms with E-state index in [0.717, 1.165) is 12.2 Å². The molecule has 3 N–H and O–H groups in total. The number of hydrazine groups is 1. The van der Waals surface area contributed by atoms with Gasteiger partial charge in [-0.2, -0.15) is 8.78 Å². The molecule has 1 aliphatic rings. The predicted molar refractivity (Wildman–Crippen MR) is 53.8 cm³/mol. The molecule has 1 amide bonds. The van der Waals surface area contributed by atoms with E-state index < -0.39 is 28.2 Å². The van der Waals surface area contributed by atoms with Crippen molar-refractivity contribution >= 4 is 29.1 Å². The van der Waals surface area contributed by atoms with Gasteiger partial charge in [0.05, 0.1) is 10.8 Å². The first-order valence-corrected chi connectivity index (χ1v) is 4.84. The van der Waals surface area contributed by atoms with Crippen LogP contribution in [0.5, 0.6) is 0 Å². The van der Waals surface area contributed by atoms with E-state index >= 15 is 0 Å². The third-order valence-corrected chi connectivity index (χ3v) is 2.82. The smallest absolute Gasteiger partial charge is 0.289 e. The van der Waals surface area contributed by atoms with Crippen molar-refractivity contribution in [3.05, 3.63) is 23.8 Å². The minimum Gasteiger partial charge on any atom is -0.289 e. The van der Waals surface area contributed by atoms with Gasteiger partial charge in [-0.1, -0.05) is 18.2 Å². The fourth-order valence-electron chi connectivity index (χ4n) is 1.05. The van der Waals surface area contributed by atoms with Crippen LogP contribution in [-0.2, 0) is 4.79 Å². The largest absolute Gasteiger partial charge is 0.350 e. The number of alkyl halides is 4. The van der Waals surface area contributed by atoms with Crippen molar-refractivity contribution in [2.24, 2.45) is 5.84 Å². The van der Waals surface area contributed by atoms with Gasteiger partial charge < -0.3 is 0 Å². The number of amides is 1. The van der Waals surface area contributed by atoms with Crippen LogP contribution in [0.25, 0.3) is 0 Å². The summed E-state index contributed by atoms with van der Waals surface area (Å²) in [4.78, 5) is 10.8. The molecule has 0 radical (unpaired) electrons. The summed E-state index contributed by atoms with van der Waals surface area (Å²) in [5.74, 6) is -0.650. The van der Waals surface area contributed by atoms with Gasteiger partial charge in [-0.15, -0.1) is 23.2 Å². The summed E-state index contributed by atoms with van der Waals surface area (Å²) in [7, 11) is 0. The van der Waals surface area contributed by atoms with Gasteiger partial charge in [-0.25, -0.2) is 5.84 Å². The Balaban J connectivity index is 2.95. The van der Waals surface area contributed by atoms with Crippen molar-refractivity contribution in [3.63, 3.8) is 0 Å². The van der Waals surface area contributed by atoms with E-state index in [1.165, 1.54) is 11.5 Å².